The van der Waals surface area contributed by atoms with E-state index in [4.69, 9.17) is 5.73 Å². The smallest absolute Gasteiger partial charge is 0.378 e. The van der Waals surface area contributed by atoms with Crippen molar-refractivity contribution in [3.8, 4) is 0 Å². The van der Waals surface area contributed by atoms with Gasteiger partial charge in [-0.1, -0.05) is 13.3 Å². The third-order valence-corrected chi connectivity index (χ3v) is 2.31. The number of hydrogen-bond acceptors (Lipinski definition) is 4. The summed E-state index contributed by atoms with van der Waals surface area (Å²) in [5.74, 6) is 0.653. The van der Waals surface area contributed by atoms with Crippen LogP contribution in [0, 0.1) is 10.1 Å². The number of hydrogen-bond donors (Lipinski definition) is 1. The molecule has 0 radical (unpaired) electrons. The highest BCUT2D eigenvalue weighted by Gasteiger charge is 2.23. The van der Waals surface area contributed by atoms with Gasteiger partial charge in [-0.15, -0.1) is 0 Å². The van der Waals surface area contributed by atoms with Crippen molar-refractivity contribution in [3.63, 3.8) is 0 Å². The summed E-state index contributed by atoms with van der Waals surface area (Å²) in [7, 11) is 0. The van der Waals surface area contributed by atoms with E-state index in [0.717, 1.165) is 19.3 Å². The number of aromatic nitrogens is 2. The second kappa shape index (κ2) is 4.77. The lowest BCUT2D eigenvalue weighted by Gasteiger charge is -2.01. The molecular formula is C9H16N4O2. The number of rotatable bonds is 5. The zero-order valence-corrected chi connectivity index (χ0v) is 9.06. The summed E-state index contributed by atoms with van der Waals surface area (Å²) in [5, 5.41) is 10.6. The first kappa shape index (κ1) is 11.5. The zero-order valence-electron chi connectivity index (χ0n) is 9.06. The van der Waals surface area contributed by atoms with Gasteiger partial charge >= 0.3 is 5.82 Å². The third-order valence-electron chi connectivity index (χ3n) is 2.31. The van der Waals surface area contributed by atoms with Crippen LogP contribution in [0.4, 0.5) is 11.6 Å². The van der Waals surface area contributed by atoms with Gasteiger partial charge in [0.15, 0.2) is 0 Å². The van der Waals surface area contributed by atoms with E-state index in [9.17, 15) is 10.1 Å². The Labute approximate surface area is 88.3 Å². The Hall–Kier alpha value is -1.59. The number of unbranched alkanes of at least 4 members (excludes halogenated alkanes) is 1. The standard InChI is InChI=1S/C9H16N4O2/c1-3-5-6-7-11-9(13(14)15)8(10)12(7)4-2/h3-6,10H2,1-2H3. The fourth-order valence-corrected chi connectivity index (χ4v) is 1.51. The zero-order chi connectivity index (χ0) is 11.4. The summed E-state index contributed by atoms with van der Waals surface area (Å²) in [5.41, 5.74) is 5.65. The number of nitrogens with two attached hydrogens (primary N) is 1. The second-order valence-electron chi connectivity index (χ2n) is 3.34. The first-order chi connectivity index (χ1) is 7.11. The molecule has 6 nitrogen and oxygen atoms in total. The van der Waals surface area contributed by atoms with E-state index in [-0.39, 0.29) is 11.6 Å². The van der Waals surface area contributed by atoms with Crippen molar-refractivity contribution < 1.29 is 4.92 Å². The second-order valence-corrected chi connectivity index (χ2v) is 3.34. The first-order valence-electron chi connectivity index (χ1n) is 5.11. The Bertz CT molecular complexity index is 359. The molecule has 0 aliphatic carbocycles. The van der Waals surface area contributed by atoms with Crippen LogP contribution in [0.2, 0.25) is 0 Å². The predicted octanol–water partition coefficient (Wildman–Crippen LogP) is 1.74. The lowest BCUT2D eigenvalue weighted by atomic mass is 10.2. The van der Waals surface area contributed by atoms with Crippen LogP contribution in [-0.4, -0.2) is 14.5 Å². The minimum Gasteiger partial charge on any atom is -0.378 e. The molecule has 1 heterocycles. The summed E-state index contributed by atoms with van der Waals surface area (Å²) in [6.45, 7) is 4.58. The Morgan fingerprint density at radius 1 is 1.53 bits per heavy atom. The molecule has 0 saturated carbocycles. The number of nitro groups is 1. The SMILES string of the molecule is CCCCc1nc([N+](=O)[O-])c(N)n1CC. The van der Waals surface area contributed by atoms with Crippen molar-refractivity contribution in [2.75, 3.05) is 5.73 Å². The third kappa shape index (κ3) is 2.26. The van der Waals surface area contributed by atoms with Crippen LogP contribution < -0.4 is 5.73 Å². The molecule has 1 aromatic heterocycles. The molecule has 0 aliphatic rings. The molecule has 0 atom stereocenters. The molecule has 0 saturated heterocycles. The Balaban J connectivity index is 3.04. The van der Waals surface area contributed by atoms with Crippen molar-refractivity contribution in [2.24, 2.45) is 0 Å². The van der Waals surface area contributed by atoms with Gasteiger partial charge in [0.25, 0.3) is 0 Å². The van der Waals surface area contributed by atoms with Crippen molar-refractivity contribution in [1.29, 1.82) is 0 Å². The van der Waals surface area contributed by atoms with Crippen LogP contribution in [0.3, 0.4) is 0 Å². The molecule has 84 valence electrons. The monoisotopic (exact) mass is 212 g/mol. The van der Waals surface area contributed by atoms with Gasteiger partial charge in [0.05, 0.1) is 0 Å². The van der Waals surface area contributed by atoms with E-state index in [1.54, 1.807) is 4.57 Å². The van der Waals surface area contributed by atoms with Crippen LogP contribution in [0.1, 0.15) is 32.5 Å². The van der Waals surface area contributed by atoms with Gasteiger partial charge in [-0.25, -0.2) is 0 Å². The molecule has 0 aromatic carbocycles. The minimum absolute atomic E-state index is 0.161. The van der Waals surface area contributed by atoms with Crippen molar-refractivity contribution >= 4 is 11.6 Å². The summed E-state index contributed by atoms with van der Waals surface area (Å²) < 4.78 is 1.70. The number of anilines is 1. The van der Waals surface area contributed by atoms with Gasteiger partial charge in [-0.3, -0.25) is 4.57 Å². The molecule has 2 N–H and O–H groups in total. The van der Waals surface area contributed by atoms with Crippen LogP contribution >= 0.6 is 0 Å². The van der Waals surface area contributed by atoms with Gasteiger partial charge in [-0.2, -0.15) is 0 Å². The predicted molar refractivity (Wildman–Crippen MR) is 57.6 cm³/mol. The van der Waals surface area contributed by atoms with Gasteiger partial charge < -0.3 is 15.8 Å². The maximum atomic E-state index is 10.6. The maximum absolute atomic E-state index is 10.6. The average Bonchev–Trinajstić information content (AvgIpc) is 2.52. The summed E-state index contributed by atoms with van der Waals surface area (Å²) in [6.07, 6.45) is 2.74. The summed E-state index contributed by atoms with van der Waals surface area (Å²) >= 11 is 0. The Morgan fingerprint density at radius 2 is 2.20 bits per heavy atom. The van der Waals surface area contributed by atoms with Crippen LogP contribution in [0.5, 0.6) is 0 Å². The highest BCUT2D eigenvalue weighted by Crippen LogP contribution is 2.22. The number of nitrogens with zero attached hydrogens (tertiary/aromatic N) is 3. The van der Waals surface area contributed by atoms with Gasteiger partial charge in [0, 0.05) is 13.0 Å². The minimum atomic E-state index is -0.531. The quantitative estimate of drug-likeness (QED) is 0.594. The van der Waals surface area contributed by atoms with Gasteiger partial charge in [-0.05, 0) is 23.3 Å². The fraction of sp³-hybridized carbons (Fsp3) is 0.667. The van der Waals surface area contributed by atoms with E-state index < -0.39 is 4.92 Å². The molecule has 0 aliphatic heterocycles. The molecule has 0 bridgehead atoms. The molecule has 15 heavy (non-hydrogen) atoms. The Kier molecular flexibility index (Phi) is 3.65. The molecule has 0 amide bonds. The van der Waals surface area contributed by atoms with E-state index in [2.05, 4.69) is 11.9 Å². The topological polar surface area (TPSA) is 87.0 Å². The molecular weight excluding hydrogens is 196 g/mol. The average molecular weight is 212 g/mol. The van der Waals surface area contributed by atoms with Crippen LogP contribution in [-0.2, 0) is 13.0 Å². The highest BCUT2D eigenvalue weighted by atomic mass is 16.6. The Morgan fingerprint density at radius 3 is 2.67 bits per heavy atom. The summed E-state index contributed by atoms with van der Waals surface area (Å²) in [4.78, 5) is 14.1. The van der Waals surface area contributed by atoms with Crippen molar-refractivity contribution in [1.82, 2.24) is 9.55 Å². The molecule has 0 spiro atoms. The molecule has 1 rings (SSSR count). The molecule has 0 fully saturated rings. The van der Waals surface area contributed by atoms with E-state index in [1.807, 2.05) is 6.92 Å². The van der Waals surface area contributed by atoms with E-state index >= 15 is 0 Å². The fourth-order valence-electron chi connectivity index (χ4n) is 1.51. The van der Waals surface area contributed by atoms with Gasteiger partial charge in [0.2, 0.25) is 11.6 Å². The van der Waals surface area contributed by atoms with Crippen LogP contribution in [0.25, 0.3) is 0 Å². The number of nitrogen functional groups attached to an aromatic ring is 1. The van der Waals surface area contributed by atoms with Crippen molar-refractivity contribution in [2.45, 2.75) is 39.7 Å². The van der Waals surface area contributed by atoms with E-state index in [0.29, 0.717) is 12.4 Å². The van der Waals surface area contributed by atoms with Gasteiger partial charge in [0.1, 0.15) is 0 Å². The molecule has 6 heteroatoms. The lowest BCUT2D eigenvalue weighted by Crippen LogP contribution is -2.05. The van der Waals surface area contributed by atoms with Crippen LogP contribution in [0.15, 0.2) is 0 Å². The van der Waals surface area contributed by atoms with Crippen molar-refractivity contribution in [3.05, 3.63) is 15.9 Å². The molecule has 0 unspecified atom stereocenters. The number of imidazole rings is 1. The molecule has 1 aromatic rings. The lowest BCUT2D eigenvalue weighted by molar-refractivity contribution is -0.388. The number of aryl methyl sites for hydroxylation is 1. The maximum Gasteiger partial charge on any atom is 0.406 e. The highest BCUT2D eigenvalue weighted by molar-refractivity contribution is 5.49. The largest absolute Gasteiger partial charge is 0.406 e. The summed E-state index contributed by atoms with van der Waals surface area (Å²) in [6, 6.07) is 0. The first-order valence-corrected chi connectivity index (χ1v) is 5.11. The van der Waals surface area contributed by atoms with E-state index in [1.165, 1.54) is 0 Å². The normalized spacial score (nSPS) is 10.5.